The molecule has 0 spiro atoms. The maximum absolute atomic E-state index is 9.70. The summed E-state index contributed by atoms with van der Waals surface area (Å²) in [5.41, 5.74) is 6.45. The van der Waals surface area contributed by atoms with Crippen molar-refractivity contribution in [2.24, 2.45) is 5.73 Å². The molecule has 0 aromatic heterocycles. The van der Waals surface area contributed by atoms with E-state index in [4.69, 9.17) is 10.5 Å². The summed E-state index contributed by atoms with van der Waals surface area (Å²) in [5.74, 6) is 1.16. The van der Waals surface area contributed by atoms with E-state index in [1.807, 2.05) is 6.07 Å². The average molecular weight is 209 g/mol. The van der Waals surface area contributed by atoms with E-state index in [0.717, 1.165) is 12.0 Å². The summed E-state index contributed by atoms with van der Waals surface area (Å²) >= 11 is 0. The van der Waals surface area contributed by atoms with Crippen molar-refractivity contribution >= 4 is 0 Å². The largest absolute Gasteiger partial charge is 0.504 e. The summed E-state index contributed by atoms with van der Waals surface area (Å²) < 4.78 is 5.28. The Kier molecular flexibility index (Phi) is 4.43. The maximum Gasteiger partial charge on any atom is 0.160 e. The number of benzene rings is 1. The topological polar surface area (TPSA) is 55.5 Å². The molecule has 0 saturated carbocycles. The van der Waals surface area contributed by atoms with Gasteiger partial charge in [0.05, 0.1) is 0 Å². The number of aromatic hydroxyl groups is 1. The molecule has 0 saturated heterocycles. The van der Waals surface area contributed by atoms with Crippen molar-refractivity contribution in [2.75, 3.05) is 13.2 Å². The Labute approximate surface area is 90.9 Å². The summed E-state index contributed by atoms with van der Waals surface area (Å²) in [6, 6.07) is 5.55. The monoisotopic (exact) mass is 209 g/mol. The summed E-state index contributed by atoms with van der Waals surface area (Å²) in [6.07, 6.45) is 1.06. The van der Waals surface area contributed by atoms with Crippen LogP contribution in [0, 0.1) is 0 Å². The number of phenols is 1. The molecular weight excluding hydrogens is 190 g/mol. The zero-order valence-corrected chi connectivity index (χ0v) is 9.36. The van der Waals surface area contributed by atoms with Crippen molar-refractivity contribution in [2.45, 2.75) is 26.2 Å². The van der Waals surface area contributed by atoms with E-state index in [1.165, 1.54) is 0 Å². The molecule has 1 rings (SSSR count). The van der Waals surface area contributed by atoms with Crippen LogP contribution < -0.4 is 10.5 Å². The first-order chi connectivity index (χ1) is 7.19. The molecule has 15 heavy (non-hydrogen) atoms. The molecule has 3 nitrogen and oxygen atoms in total. The van der Waals surface area contributed by atoms with Crippen molar-refractivity contribution in [1.29, 1.82) is 0 Å². The first-order valence-electron chi connectivity index (χ1n) is 5.34. The second kappa shape index (κ2) is 5.61. The van der Waals surface area contributed by atoms with Gasteiger partial charge in [0.15, 0.2) is 11.5 Å². The van der Waals surface area contributed by atoms with Gasteiger partial charge in [0.25, 0.3) is 0 Å². The number of rotatable bonds is 5. The molecule has 1 unspecified atom stereocenters. The third kappa shape index (κ3) is 3.13. The Morgan fingerprint density at radius 1 is 1.47 bits per heavy atom. The van der Waals surface area contributed by atoms with Crippen LogP contribution in [0.3, 0.4) is 0 Å². The Balaban J connectivity index is 2.78. The average Bonchev–Trinajstić information content (AvgIpc) is 2.26. The normalized spacial score (nSPS) is 12.5. The summed E-state index contributed by atoms with van der Waals surface area (Å²) in [4.78, 5) is 0. The lowest BCUT2D eigenvalue weighted by Crippen LogP contribution is -2.10. The minimum absolute atomic E-state index is 0.196. The van der Waals surface area contributed by atoms with E-state index >= 15 is 0 Å². The zero-order valence-electron chi connectivity index (χ0n) is 9.36. The highest BCUT2D eigenvalue weighted by Gasteiger charge is 2.07. The first-order valence-corrected chi connectivity index (χ1v) is 5.34. The van der Waals surface area contributed by atoms with Gasteiger partial charge in [0.1, 0.15) is 6.61 Å². The molecule has 0 heterocycles. The first kappa shape index (κ1) is 11.9. The molecule has 0 radical (unpaired) electrons. The number of hydrogen-bond donors (Lipinski definition) is 2. The highest BCUT2D eigenvalue weighted by Crippen LogP contribution is 2.30. The highest BCUT2D eigenvalue weighted by molar-refractivity contribution is 5.42. The predicted octanol–water partition coefficient (Wildman–Crippen LogP) is 2.24. The molecule has 0 bridgehead atoms. The van der Waals surface area contributed by atoms with E-state index in [1.54, 1.807) is 12.1 Å². The third-order valence-corrected chi connectivity index (χ3v) is 2.54. The van der Waals surface area contributed by atoms with Gasteiger partial charge in [-0.3, -0.25) is 0 Å². The maximum atomic E-state index is 9.70. The number of ether oxygens (including phenoxy) is 1. The highest BCUT2D eigenvalue weighted by atomic mass is 16.5. The third-order valence-electron chi connectivity index (χ3n) is 2.54. The van der Waals surface area contributed by atoms with Crippen LogP contribution in [0.15, 0.2) is 18.2 Å². The number of phenolic OH excluding ortho intramolecular Hbond substituents is 1. The minimum Gasteiger partial charge on any atom is -0.504 e. The van der Waals surface area contributed by atoms with Gasteiger partial charge < -0.3 is 15.6 Å². The van der Waals surface area contributed by atoms with Crippen LogP contribution in [-0.4, -0.2) is 18.3 Å². The minimum atomic E-state index is 0.196. The van der Waals surface area contributed by atoms with Crippen molar-refractivity contribution in [3.63, 3.8) is 0 Å². The summed E-state index contributed by atoms with van der Waals surface area (Å²) in [7, 11) is 0. The lowest BCUT2D eigenvalue weighted by Gasteiger charge is -2.12. The van der Waals surface area contributed by atoms with E-state index in [0.29, 0.717) is 24.8 Å². The number of nitrogens with two attached hydrogens (primary N) is 1. The Bertz CT molecular complexity index is 312. The van der Waals surface area contributed by atoms with Gasteiger partial charge in [-0.15, -0.1) is 0 Å². The Hall–Kier alpha value is -1.22. The van der Waals surface area contributed by atoms with Gasteiger partial charge in [-0.05, 0) is 30.0 Å². The molecule has 0 amide bonds. The van der Waals surface area contributed by atoms with E-state index in [2.05, 4.69) is 13.8 Å². The fourth-order valence-corrected chi connectivity index (χ4v) is 1.37. The van der Waals surface area contributed by atoms with Crippen LogP contribution in [0.25, 0.3) is 0 Å². The number of hydrogen-bond acceptors (Lipinski definition) is 3. The Morgan fingerprint density at radius 3 is 2.73 bits per heavy atom. The molecule has 3 N–H and O–H groups in total. The SMILES string of the molecule is CCC(C)c1ccc(OCCN)c(O)c1. The van der Waals surface area contributed by atoms with E-state index < -0.39 is 0 Å². The smallest absolute Gasteiger partial charge is 0.160 e. The van der Waals surface area contributed by atoms with Gasteiger partial charge >= 0.3 is 0 Å². The molecule has 1 aromatic rings. The van der Waals surface area contributed by atoms with Crippen molar-refractivity contribution in [3.8, 4) is 11.5 Å². The molecule has 84 valence electrons. The van der Waals surface area contributed by atoms with Gasteiger partial charge in [0.2, 0.25) is 0 Å². The molecule has 3 heteroatoms. The van der Waals surface area contributed by atoms with Gasteiger partial charge in [-0.25, -0.2) is 0 Å². The molecule has 1 aromatic carbocycles. The van der Waals surface area contributed by atoms with Crippen LogP contribution in [-0.2, 0) is 0 Å². The fourth-order valence-electron chi connectivity index (χ4n) is 1.37. The quantitative estimate of drug-likeness (QED) is 0.782. The predicted molar refractivity (Wildman–Crippen MR) is 61.4 cm³/mol. The standard InChI is InChI=1S/C12H19NO2/c1-3-9(2)10-4-5-12(11(14)8-10)15-7-6-13/h4-5,8-9,14H,3,6-7,13H2,1-2H3. The van der Waals surface area contributed by atoms with Crippen molar-refractivity contribution in [1.82, 2.24) is 0 Å². The van der Waals surface area contributed by atoms with Crippen LogP contribution in [0.5, 0.6) is 11.5 Å². The van der Waals surface area contributed by atoms with Gasteiger partial charge in [0, 0.05) is 6.54 Å². The van der Waals surface area contributed by atoms with Gasteiger partial charge in [-0.1, -0.05) is 19.9 Å². The molecule has 0 aliphatic carbocycles. The second-order valence-electron chi connectivity index (χ2n) is 3.67. The molecular formula is C12H19NO2. The molecule has 0 aliphatic rings. The zero-order chi connectivity index (χ0) is 11.3. The van der Waals surface area contributed by atoms with Crippen molar-refractivity contribution in [3.05, 3.63) is 23.8 Å². The van der Waals surface area contributed by atoms with Crippen LogP contribution in [0.4, 0.5) is 0 Å². The second-order valence-corrected chi connectivity index (χ2v) is 3.67. The molecule has 0 fully saturated rings. The summed E-state index contributed by atoms with van der Waals surface area (Å²) in [5, 5.41) is 9.70. The Morgan fingerprint density at radius 2 is 2.20 bits per heavy atom. The lowest BCUT2D eigenvalue weighted by atomic mass is 9.98. The molecule has 0 aliphatic heterocycles. The van der Waals surface area contributed by atoms with Crippen molar-refractivity contribution < 1.29 is 9.84 Å². The molecule has 1 atom stereocenters. The summed E-state index contributed by atoms with van der Waals surface area (Å²) in [6.45, 7) is 5.14. The van der Waals surface area contributed by atoms with Gasteiger partial charge in [-0.2, -0.15) is 0 Å². The van der Waals surface area contributed by atoms with Crippen LogP contribution in [0.1, 0.15) is 31.7 Å². The van der Waals surface area contributed by atoms with Crippen LogP contribution in [0.2, 0.25) is 0 Å². The van der Waals surface area contributed by atoms with Crippen LogP contribution >= 0.6 is 0 Å². The van der Waals surface area contributed by atoms with E-state index in [-0.39, 0.29) is 5.75 Å². The lowest BCUT2D eigenvalue weighted by molar-refractivity contribution is 0.308. The van der Waals surface area contributed by atoms with E-state index in [9.17, 15) is 5.11 Å². The fraction of sp³-hybridized carbons (Fsp3) is 0.500.